The van der Waals surface area contributed by atoms with Gasteiger partial charge < -0.3 is 10.4 Å². The van der Waals surface area contributed by atoms with E-state index in [1.165, 1.54) is 11.5 Å². The van der Waals surface area contributed by atoms with Gasteiger partial charge in [-0.15, -0.1) is 0 Å². The molecule has 114 valence electrons. The van der Waals surface area contributed by atoms with E-state index in [4.69, 9.17) is 5.11 Å². The van der Waals surface area contributed by atoms with Crippen LogP contribution in [0.1, 0.15) is 32.2 Å². The van der Waals surface area contributed by atoms with Crippen molar-refractivity contribution in [3.63, 3.8) is 0 Å². The van der Waals surface area contributed by atoms with Crippen molar-refractivity contribution in [3.05, 3.63) is 29.6 Å². The van der Waals surface area contributed by atoms with Crippen molar-refractivity contribution in [3.8, 4) is 10.6 Å². The summed E-state index contributed by atoms with van der Waals surface area (Å²) < 4.78 is 4.25. The van der Waals surface area contributed by atoms with Gasteiger partial charge in [0, 0.05) is 17.7 Å². The predicted molar refractivity (Wildman–Crippen MR) is 86.9 cm³/mol. The second kappa shape index (κ2) is 8.36. The number of carboxylic acid groups (broad SMARTS) is 1. The summed E-state index contributed by atoms with van der Waals surface area (Å²) in [4.78, 5) is 15.0. The molecule has 0 saturated heterocycles. The first-order valence-electron chi connectivity index (χ1n) is 6.99. The lowest BCUT2D eigenvalue weighted by molar-refractivity contribution is -0.134. The molecule has 5 nitrogen and oxygen atoms in total. The van der Waals surface area contributed by atoms with Gasteiger partial charge in [0.05, 0.1) is 0 Å². The average molecular weight is 307 g/mol. The Labute approximate surface area is 129 Å². The molecule has 2 aromatic rings. The maximum atomic E-state index is 10.6. The molecule has 0 bridgehead atoms. The lowest BCUT2D eigenvalue weighted by Gasteiger charge is -2.08. The maximum absolute atomic E-state index is 10.6. The van der Waals surface area contributed by atoms with E-state index in [0.717, 1.165) is 34.1 Å². The Bertz CT molecular complexity index is 596. The Kier molecular flexibility index (Phi) is 6.81. The van der Waals surface area contributed by atoms with Crippen LogP contribution in [0.4, 0.5) is 5.69 Å². The topological polar surface area (TPSA) is 75.1 Å². The fourth-order valence-corrected chi connectivity index (χ4v) is 2.37. The van der Waals surface area contributed by atoms with Crippen LogP contribution in [0.2, 0.25) is 0 Å². The van der Waals surface area contributed by atoms with Crippen LogP contribution in [0.3, 0.4) is 0 Å². The normalized spacial score (nSPS) is 9.71. The van der Waals surface area contributed by atoms with Crippen LogP contribution in [0, 0.1) is 6.92 Å². The van der Waals surface area contributed by atoms with Gasteiger partial charge in [0.2, 0.25) is 0 Å². The van der Waals surface area contributed by atoms with Crippen molar-refractivity contribution in [1.29, 1.82) is 0 Å². The van der Waals surface area contributed by atoms with Gasteiger partial charge in [-0.1, -0.05) is 32.9 Å². The van der Waals surface area contributed by atoms with Crippen molar-refractivity contribution in [2.24, 2.45) is 0 Å². The lowest BCUT2D eigenvalue weighted by Crippen LogP contribution is -2.13. The Hall–Kier alpha value is -1.95. The highest BCUT2D eigenvalue weighted by atomic mass is 32.1. The van der Waals surface area contributed by atoms with E-state index in [9.17, 15) is 4.79 Å². The molecule has 0 radical (unpaired) electrons. The smallest absolute Gasteiger partial charge is 0.322 e. The number of nitrogens with zero attached hydrogens (tertiary/aromatic N) is 2. The molecule has 0 spiro atoms. The highest BCUT2D eigenvalue weighted by Gasteiger charge is 2.08. The molecule has 0 saturated carbocycles. The SMILES string of the molecule is CC.CCc1nsc(-c2ccc(C)c(NCC(=O)O)c2)n1. The van der Waals surface area contributed by atoms with Crippen molar-refractivity contribution in [2.75, 3.05) is 11.9 Å². The van der Waals surface area contributed by atoms with E-state index in [1.807, 2.05) is 45.9 Å². The van der Waals surface area contributed by atoms with Gasteiger partial charge in [-0.25, -0.2) is 4.98 Å². The number of hydrogen-bond donors (Lipinski definition) is 2. The number of nitrogens with one attached hydrogen (secondary N) is 1. The summed E-state index contributed by atoms with van der Waals surface area (Å²) in [7, 11) is 0. The van der Waals surface area contributed by atoms with E-state index in [0.29, 0.717) is 0 Å². The number of rotatable bonds is 5. The van der Waals surface area contributed by atoms with Crippen molar-refractivity contribution in [2.45, 2.75) is 34.1 Å². The first-order chi connectivity index (χ1) is 10.1. The Morgan fingerprint density at radius 1 is 1.38 bits per heavy atom. The van der Waals surface area contributed by atoms with Crippen LogP contribution in [0.25, 0.3) is 10.6 Å². The molecule has 1 aromatic carbocycles. The Morgan fingerprint density at radius 3 is 2.67 bits per heavy atom. The van der Waals surface area contributed by atoms with E-state index in [2.05, 4.69) is 14.7 Å². The van der Waals surface area contributed by atoms with E-state index in [-0.39, 0.29) is 6.54 Å². The summed E-state index contributed by atoms with van der Waals surface area (Å²) in [5.74, 6) is -0.0467. The Morgan fingerprint density at radius 2 is 2.10 bits per heavy atom. The summed E-state index contributed by atoms with van der Waals surface area (Å²) in [5.41, 5.74) is 2.77. The molecule has 21 heavy (non-hydrogen) atoms. The molecule has 2 rings (SSSR count). The summed E-state index contributed by atoms with van der Waals surface area (Å²) in [6.45, 7) is 7.85. The Balaban J connectivity index is 0.00000106. The fourth-order valence-electron chi connectivity index (χ4n) is 1.63. The number of hydrogen-bond acceptors (Lipinski definition) is 5. The number of anilines is 1. The van der Waals surface area contributed by atoms with Crippen LogP contribution in [0.5, 0.6) is 0 Å². The zero-order chi connectivity index (χ0) is 15.8. The predicted octanol–water partition coefficient (Wildman–Crippen LogP) is 3.60. The summed E-state index contributed by atoms with van der Waals surface area (Å²) >= 11 is 1.36. The standard InChI is InChI=1S/C13H15N3O2S.C2H6/c1-3-11-15-13(19-16-11)9-5-4-8(2)10(6-9)14-7-12(17)18;1-2/h4-6,14H,3,7H2,1-2H3,(H,17,18);1-2H3. The van der Waals surface area contributed by atoms with Gasteiger partial charge in [-0.2, -0.15) is 4.37 Å². The molecule has 0 aliphatic carbocycles. The third-order valence-electron chi connectivity index (χ3n) is 2.70. The minimum Gasteiger partial charge on any atom is -0.480 e. The molecule has 0 aliphatic heterocycles. The zero-order valence-electron chi connectivity index (χ0n) is 12.8. The molecule has 0 unspecified atom stereocenters. The van der Waals surface area contributed by atoms with Crippen molar-refractivity contribution >= 4 is 23.2 Å². The maximum Gasteiger partial charge on any atom is 0.322 e. The van der Waals surface area contributed by atoms with Crippen LogP contribution < -0.4 is 5.32 Å². The molecular formula is C15H21N3O2S. The quantitative estimate of drug-likeness (QED) is 0.882. The molecule has 1 heterocycles. The monoisotopic (exact) mass is 307 g/mol. The number of carboxylic acids is 1. The fraction of sp³-hybridized carbons (Fsp3) is 0.400. The highest BCUT2D eigenvalue weighted by Crippen LogP contribution is 2.26. The second-order valence-electron chi connectivity index (χ2n) is 4.15. The molecule has 0 aliphatic rings. The molecule has 0 amide bonds. The van der Waals surface area contributed by atoms with Crippen LogP contribution in [-0.2, 0) is 11.2 Å². The first-order valence-corrected chi connectivity index (χ1v) is 7.76. The highest BCUT2D eigenvalue weighted by molar-refractivity contribution is 7.09. The number of carbonyl (C=O) groups is 1. The number of aliphatic carboxylic acids is 1. The van der Waals surface area contributed by atoms with Gasteiger partial charge in [-0.3, -0.25) is 4.79 Å². The third-order valence-corrected chi connectivity index (χ3v) is 3.50. The van der Waals surface area contributed by atoms with Crippen molar-refractivity contribution in [1.82, 2.24) is 9.36 Å². The average Bonchev–Trinajstić information content (AvgIpc) is 2.97. The van der Waals surface area contributed by atoms with Gasteiger partial charge in [-0.05, 0) is 30.1 Å². The molecule has 6 heteroatoms. The van der Waals surface area contributed by atoms with Gasteiger partial charge in [0.15, 0.2) is 0 Å². The van der Waals surface area contributed by atoms with Crippen LogP contribution in [0.15, 0.2) is 18.2 Å². The third kappa shape index (κ3) is 4.82. The lowest BCUT2D eigenvalue weighted by atomic mass is 10.1. The summed E-state index contributed by atoms with van der Waals surface area (Å²) in [5, 5.41) is 12.5. The van der Waals surface area contributed by atoms with Crippen molar-refractivity contribution < 1.29 is 9.90 Å². The van der Waals surface area contributed by atoms with Gasteiger partial charge >= 0.3 is 5.97 Å². The molecule has 0 fully saturated rings. The van der Waals surface area contributed by atoms with E-state index in [1.54, 1.807) is 0 Å². The van der Waals surface area contributed by atoms with Crippen LogP contribution in [-0.4, -0.2) is 27.0 Å². The van der Waals surface area contributed by atoms with E-state index >= 15 is 0 Å². The van der Waals surface area contributed by atoms with E-state index < -0.39 is 5.97 Å². The number of aryl methyl sites for hydroxylation is 2. The minimum atomic E-state index is -0.881. The summed E-state index contributed by atoms with van der Waals surface area (Å²) in [6, 6.07) is 5.84. The first kappa shape index (κ1) is 17.1. The second-order valence-corrected chi connectivity index (χ2v) is 4.90. The number of benzene rings is 1. The minimum absolute atomic E-state index is 0.0966. The van der Waals surface area contributed by atoms with Gasteiger partial charge in [0.25, 0.3) is 0 Å². The molecule has 1 aromatic heterocycles. The van der Waals surface area contributed by atoms with Crippen LogP contribution >= 0.6 is 11.5 Å². The molecule has 0 atom stereocenters. The largest absolute Gasteiger partial charge is 0.480 e. The van der Waals surface area contributed by atoms with Gasteiger partial charge in [0.1, 0.15) is 17.4 Å². The molecule has 2 N–H and O–H groups in total. The number of aromatic nitrogens is 2. The summed E-state index contributed by atoms with van der Waals surface area (Å²) in [6.07, 6.45) is 0.812. The molecular weight excluding hydrogens is 286 g/mol. The zero-order valence-corrected chi connectivity index (χ0v) is 13.6.